The standard InChI is InChI=1S/C19H24N2/c1-13-11-17-18(20)7-4-8-19(17)21(13)16-10-9-14-5-2-3-6-15(14)12-16/h2-3,5-6,11,16,18H,4,7-10,12,20H2,1H3. The van der Waals surface area contributed by atoms with Crippen molar-refractivity contribution in [3.63, 3.8) is 0 Å². The molecule has 2 atom stereocenters. The second-order valence-electron chi connectivity index (χ2n) is 6.72. The fraction of sp³-hybridized carbons (Fsp3) is 0.474. The molecule has 0 spiro atoms. The van der Waals surface area contributed by atoms with Crippen molar-refractivity contribution < 1.29 is 0 Å². The fourth-order valence-electron chi connectivity index (χ4n) is 4.37. The summed E-state index contributed by atoms with van der Waals surface area (Å²) in [4.78, 5) is 0. The summed E-state index contributed by atoms with van der Waals surface area (Å²) in [6.07, 6.45) is 7.22. The second kappa shape index (κ2) is 5.03. The van der Waals surface area contributed by atoms with Crippen LogP contribution in [0.5, 0.6) is 0 Å². The molecule has 0 fully saturated rings. The minimum Gasteiger partial charge on any atom is -0.345 e. The third kappa shape index (κ3) is 2.13. The van der Waals surface area contributed by atoms with Crippen LogP contribution in [0.2, 0.25) is 0 Å². The Bertz CT molecular complexity index is 668. The molecule has 0 saturated heterocycles. The molecule has 0 saturated carbocycles. The summed E-state index contributed by atoms with van der Waals surface area (Å²) in [7, 11) is 0. The number of hydrogen-bond donors (Lipinski definition) is 1. The minimum absolute atomic E-state index is 0.254. The lowest BCUT2D eigenvalue weighted by molar-refractivity contribution is 0.414. The van der Waals surface area contributed by atoms with Gasteiger partial charge in [0.25, 0.3) is 0 Å². The summed E-state index contributed by atoms with van der Waals surface area (Å²) in [5.74, 6) is 0. The van der Waals surface area contributed by atoms with Gasteiger partial charge in [0.1, 0.15) is 0 Å². The first-order chi connectivity index (χ1) is 10.2. The topological polar surface area (TPSA) is 30.9 Å². The molecule has 1 aromatic heterocycles. The maximum absolute atomic E-state index is 6.32. The molecule has 2 unspecified atom stereocenters. The van der Waals surface area contributed by atoms with Gasteiger partial charge in [0.15, 0.2) is 0 Å². The molecule has 2 N–H and O–H groups in total. The van der Waals surface area contributed by atoms with E-state index in [0.29, 0.717) is 6.04 Å². The lowest BCUT2D eigenvalue weighted by Gasteiger charge is -2.30. The first kappa shape index (κ1) is 13.1. The molecule has 2 aliphatic rings. The normalized spacial score (nSPS) is 24.5. The number of benzene rings is 1. The van der Waals surface area contributed by atoms with Crippen LogP contribution < -0.4 is 5.73 Å². The molecule has 2 aliphatic carbocycles. The van der Waals surface area contributed by atoms with Crippen molar-refractivity contribution in [2.24, 2.45) is 5.73 Å². The number of aryl methyl sites for hydroxylation is 2. The van der Waals surface area contributed by atoms with Gasteiger partial charge in [-0.25, -0.2) is 0 Å². The van der Waals surface area contributed by atoms with Gasteiger partial charge in [-0.15, -0.1) is 0 Å². The number of nitrogens with zero attached hydrogens (tertiary/aromatic N) is 1. The highest BCUT2D eigenvalue weighted by molar-refractivity contribution is 5.35. The van der Waals surface area contributed by atoms with E-state index in [1.165, 1.54) is 54.6 Å². The first-order valence-electron chi connectivity index (χ1n) is 8.27. The zero-order valence-corrected chi connectivity index (χ0v) is 12.8. The van der Waals surface area contributed by atoms with E-state index in [1.807, 2.05) is 0 Å². The summed E-state index contributed by atoms with van der Waals surface area (Å²) in [5.41, 5.74) is 13.7. The summed E-state index contributed by atoms with van der Waals surface area (Å²) in [5, 5.41) is 0. The number of rotatable bonds is 1. The Labute approximate surface area is 127 Å². The SMILES string of the molecule is Cc1cc2c(n1C1CCc3ccccc3C1)CCCC2N. The van der Waals surface area contributed by atoms with E-state index in [2.05, 4.69) is 41.8 Å². The zero-order chi connectivity index (χ0) is 14.4. The Kier molecular flexibility index (Phi) is 3.15. The molecule has 110 valence electrons. The van der Waals surface area contributed by atoms with Crippen molar-refractivity contribution >= 4 is 0 Å². The molecule has 0 radical (unpaired) electrons. The van der Waals surface area contributed by atoms with E-state index in [-0.39, 0.29) is 6.04 Å². The molecule has 2 aromatic rings. The molecule has 0 aliphatic heterocycles. The van der Waals surface area contributed by atoms with E-state index >= 15 is 0 Å². The lowest BCUT2D eigenvalue weighted by atomic mass is 9.87. The zero-order valence-electron chi connectivity index (χ0n) is 12.8. The van der Waals surface area contributed by atoms with E-state index < -0.39 is 0 Å². The highest BCUT2D eigenvalue weighted by atomic mass is 15.0. The van der Waals surface area contributed by atoms with Gasteiger partial charge in [-0.3, -0.25) is 0 Å². The monoisotopic (exact) mass is 280 g/mol. The van der Waals surface area contributed by atoms with E-state index in [9.17, 15) is 0 Å². The van der Waals surface area contributed by atoms with Crippen LogP contribution in [-0.2, 0) is 19.3 Å². The van der Waals surface area contributed by atoms with Gasteiger partial charge in [-0.2, -0.15) is 0 Å². The molecule has 1 heterocycles. The van der Waals surface area contributed by atoms with Crippen LogP contribution in [0.25, 0.3) is 0 Å². The average molecular weight is 280 g/mol. The number of nitrogens with two attached hydrogens (primary N) is 1. The predicted octanol–water partition coefficient (Wildman–Crippen LogP) is 3.86. The number of fused-ring (bicyclic) bond motifs is 2. The van der Waals surface area contributed by atoms with E-state index in [0.717, 1.165) is 6.42 Å². The fourth-order valence-corrected chi connectivity index (χ4v) is 4.37. The number of hydrogen-bond acceptors (Lipinski definition) is 1. The Morgan fingerprint density at radius 2 is 1.90 bits per heavy atom. The summed E-state index contributed by atoms with van der Waals surface area (Å²) < 4.78 is 2.62. The molecule has 2 heteroatoms. The van der Waals surface area contributed by atoms with Crippen molar-refractivity contribution in [2.45, 2.75) is 57.5 Å². The quantitative estimate of drug-likeness (QED) is 0.845. The molecule has 0 bridgehead atoms. The molecule has 21 heavy (non-hydrogen) atoms. The van der Waals surface area contributed by atoms with Crippen molar-refractivity contribution in [3.8, 4) is 0 Å². The van der Waals surface area contributed by atoms with Gasteiger partial charge in [0.05, 0.1) is 0 Å². The van der Waals surface area contributed by atoms with Crippen LogP contribution >= 0.6 is 0 Å². The lowest BCUT2D eigenvalue weighted by Crippen LogP contribution is -2.24. The van der Waals surface area contributed by atoms with Crippen LogP contribution in [0, 0.1) is 6.92 Å². The van der Waals surface area contributed by atoms with Crippen molar-refractivity contribution in [3.05, 3.63) is 58.4 Å². The molecule has 0 amide bonds. The number of aromatic nitrogens is 1. The minimum atomic E-state index is 0.254. The predicted molar refractivity (Wildman–Crippen MR) is 86.5 cm³/mol. The largest absolute Gasteiger partial charge is 0.345 e. The molecule has 2 nitrogen and oxygen atoms in total. The third-order valence-electron chi connectivity index (χ3n) is 5.38. The highest BCUT2D eigenvalue weighted by Crippen LogP contribution is 2.37. The summed E-state index contributed by atoms with van der Waals surface area (Å²) in [6, 6.07) is 12.2. The first-order valence-corrected chi connectivity index (χ1v) is 8.27. The molecule has 1 aromatic carbocycles. The Morgan fingerprint density at radius 1 is 1.10 bits per heavy atom. The van der Waals surface area contributed by atoms with Gasteiger partial charge in [0, 0.05) is 23.5 Å². The molecular weight excluding hydrogens is 256 g/mol. The van der Waals surface area contributed by atoms with Crippen LogP contribution in [0.1, 0.15) is 59.4 Å². The Hall–Kier alpha value is -1.54. The molecular formula is C19H24N2. The Morgan fingerprint density at radius 3 is 2.76 bits per heavy atom. The average Bonchev–Trinajstić information content (AvgIpc) is 2.84. The maximum Gasteiger partial charge on any atom is 0.0379 e. The van der Waals surface area contributed by atoms with Gasteiger partial charge in [-0.05, 0) is 68.2 Å². The second-order valence-corrected chi connectivity index (χ2v) is 6.72. The van der Waals surface area contributed by atoms with Gasteiger partial charge in [-0.1, -0.05) is 24.3 Å². The van der Waals surface area contributed by atoms with Gasteiger partial charge < -0.3 is 10.3 Å². The van der Waals surface area contributed by atoms with Crippen LogP contribution in [-0.4, -0.2) is 4.57 Å². The van der Waals surface area contributed by atoms with Crippen LogP contribution in [0.4, 0.5) is 0 Å². The smallest absolute Gasteiger partial charge is 0.0379 e. The summed E-state index contributed by atoms with van der Waals surface area (Å²) in [6.45, 7) is 2.26. The maximum atomic E-state index is 6.32. The highest BCUT2D eigenvalue weighted by Gasteiger charge is 2.27. The third-order valence-corrected chi connectivity index (χ3v) is 5.38. The van der Waals surface area contributed by atoms with E-state index in [1.54, 1.807) is 5.56 Å². The Balaban J connectivity index is 1.72. The van der Waals surface area contributed by atoms with Crippen LogP contribution in [0.3, 0.4) is 0 Å². The van der Waals surface area contributed by atoms with Crippen molar-refractivity contribution in [2.75, 3.05) is 0 Å². The van der Waals surface area contributed by atoms with Crippen LogP contribution in [0.15, 0.2) is 30.3 Å². The summed E-state index contributed by atoms with van der Waals surface area (Å²) >= 11 is 0. The molecule has 4 rings (SSSR count). The van der Waals surface area contributed by atoms with E-state index in [4.69, 9.17) is 5.73 Å². The van der Waals surface area contributed by atoms with Crippen molar-refractivity contribution in [1.82, 2.24) is 4.57 Å². The van der Waals surface area contributed by atoms with Gasteiger partial charge in [0.2, 0.25) is 0 Å². The van der Waals surface area contributed by atoms with Gasteiger partial charge >= 0.3 is 0 Å². The van der Waals surface area contributed by atoms with Crippen molar-refractivity contribution in [1.29, 1.82) is 0 Å².